The van der Waals surface area contributed by atoms with Gasteiger partial charge in [0.05, 0.1) is 6.61 Å². The predicted molar refractivity (Wildman–Crippen MR) is 127 cm³/mol. The van der Waals surface area contributed by atoms with Crippen molar-refractivity contribution in [3.05, 3.63) is 35.9 Å². The number of piperidine rings is 1. The number of para-hydroxylation sites is 1. The molecule has 0 atom stereocenters. The summed E-state index contributed by atoms with van der Waals surface area (Å²) < 4.78 is 5.65. The number of hydrogen-bond acceptors (Lipinski definition) is 3. The Bertz CT molecular complexity index is 895. The number of ether oxygens (including phenoxy) is 1. The number of benzene rings is 1. The maximum Gasteiger partial charge on any atom is 0.246 e. The van der Waals surface area contributed by atoms with Gasteiger partial charge < -0.3 is 14.5 Å². The van der Waals surface area contributed by atoms with Crippen LogP contribution in [0.25, 0.3) is 6.08 Å². The second-order valence-corrected chi connectivity index (χ2v) is 11.0. The third-order valence-electron chi connectivity index (χ3n) is 8.78. The molecule has 0 N–H and O–H groups in total. The maximum atomic E-state index is 13.2. The van der Waals surface area contributed by atoms with E-state index in [0.29, 0.717) is 12.5 Å². The Hall–Kier alpha value is -2.30. The minimum atomic E-state index is 0.0542. The van der Waals surface area contributed by atoms with Crippen LogP contribution in [-0.2, 0) is 9.59 Å². The van der Waals surface area contributed by atoms with Crippen molar-refractivity contribution in [2.75, 3.05) is 32.8 Å². The molecule has 1 aromatic rings. The molecule has 3 fully saturated rings. The molecule has 1 aromatic carbocycles. The van der Waals surface area contributed by atoms with Crippen molar-refractivity contribution >= 4 is 17.9 Å². The van der Waals surface area contributed by atoms with E-state index in [1.165, 1.54) is 0 Å². The van der Waals surface area contributed by atoms with Gasteiger partial charge in [0, 0.05) is 43.7 Å². The van der Waals surface area contributed by atoms with E-state index >= 15 is 0 Å². The fourth-order valence-electron chi connectivity index (χ4n) is 5.90. The van der Waals surface area contributed by atoms with Gasteiger partial charge in [0.1, 0.15) is 5.75 Å². The van der Waals surface area contributed by atoms with Gasteiger partial charge in [-0.2, -0.15) is 0 Å². The molecular formula is C27H38N2O3. The second-order valence-electron chi connectivity index (χ2n) is 11.0. The highest BCUT2D eigenvalue weighted by atomic mass is 16.5. The van der Waals surface area contributed by atoms with Crippen molar-refractivity contribution in [1.82, 2.24) is 9.80 Å². The van der Waals surface area contributed by atoms with Crippen LogP contribution in [0.2, 0.25) is 0 Å². The van der Waals surface area contributed by atoms with E-state index in [2.05, 4.69) is 32.6 Å². The van der Waals surface area contributed by atoms with E-state index in [1.807, 2.05) is 42.2 Å². The third-order valence-corrected chi connectivity index (χ3v) is 8.78. The van der Waals surface area contributed by atoms with Gasteiger partial charge in [-0.05, 0) is 54.6 Å². The highest BCUT2D eigenvalue weighted by molar-refractivity contribution is 5.92. The summed E-state index contributed by atoms with van der Waals surface area (Å²) in [6, 6.07) is 7.78. The number of hydrogen-bond donors (Lipinski definition) is 0. The normalized spacial score (nSPS) is 23.7. The first-order valence-electron chi connectivity index (χ1n) is 12.1. The molecule has 0 unspecified atom stereocenters. The van der Waals surface area contributed by atoms with Crippen LogP contribution in [0.5, 0.6) is 5.75 Å². The van der Waals surface area contributed by atoms with E-state index in [9.17, 15) is 9.59 Å². The summed E-state index contributed by atoms with van der Waals surface area (Å²) in [5, 5.41) is 0. The molecule has 32 heavy (non-hydrogen) atoms. The average Bonchev–Trinajstić information content (AvgIpc) is 3.03. The van der Waals surface area contributed by atoms with Crippen LogP contribution >= 0.6 is 0 Å². The van der Waals surface area contributed by atoms with E-state index in [1.54, 1.807) is 6.08 Å². The summed E-state index contributed by atoms with van der Waals surface area (Å²) in [5.74, 6) is 1.33. The van der Waals surface area contributed by atoms with Gasteiger partial charge in [-0.3, -0.25) is 9.59 Å². The minimum Gasteiger partial charge on any atom is -0.493 e. The van der Waals surface area contributed by atoms with Crippen LogP contribution in [0.1, 0.15) is 59.4 Å². The Morgan fingerprint density at radius 3 is 2.19 bits per heavy atom. The molecule has 2 saturated heterocycles. The topological polar surface area (TPSA) is 49.9 Å². The molecule has 5 heteroatoms. The molecule has 2 heterocycles. The first kappa shape index (κ1) is 22.9. The molecule has 1 aliphatic carbocycles. The Morgan fingerprint density at radius 1 is 1.00 bits per heavy atom. The van der Waals surface area contributed by atoms with Crippen molar-refractivity contribution in [3.63, 3.8) is 0 Å². The predicted octanol–water partition coefficient (Wildman–Crippen LogP) is 4.62. The zero-order valence-corrected chi connectivity index (χ0v) is 20.3. The maximum absolute atomic E-state index is 13.2. The zero-order valence-electron chi connectivity index (χ0n) is 20.3. The summed E-state index contributed by atoms with van der Waals surface area (Å²) in [4.78, 5) is 30.0. The molecule has 1 spiro atoms. The lowest BCUT2D eigenvalue weighted by Gasteiger charge is -2.39. The lowest BCUT2D eigenvalue weighted by molar-refractivity contribution is -0.134. The van der Waals surface area contributed by atoms with Crippen LogP contribution in [0.15, 0.2) is 30.3 Å². The molecule has 1 saturated carbocycles. The van der Waals surface area contributed by atoms with Crippen LogP contribution in [0.4, 0.5) is 0 Å². The Labute approximate surface area is 192 Å². The van der Waals surface area contributed by atoms with Gasteiger partial charge in [0.25, 0.3) is 0 Å². The number of rotatable bonds is 5. The molecule has 2 amide bonds. The van der Waals surface area contributed by atoms with Gasteiger partial charge in [0.15, 0.2) is 0 Å². The Balaban J connectivity index is 1.32. The highest BCUT2D eigenvalue weighted by Crippen LogP contribution is 2.69. The first-order valence-corrected chi connectivity index (χ1v) is 12.1. The Morgan fingerprint density at radius 2 is 1.59 bits per heavy atom. The number of likely N-dealkylation sites (tertiary alicyclic amines) is 2. The SMILES string of the molecule is CCOc1ccccc1C=CC(=O)N1CCC2(CC1)CCN(C(=O)C1C(C)(C)C1(C)C)C2. The lowest BCUT2D eigenvalue weighted by atomic mass is 9.77. The molecule has 5 nitrogen and oxygen atoms in total. The van der Waals surface area contributed by atoms with Crippen LogP contribution in [0.3, 0.4) is 0 Å². The van der Waals surface area contributed by atoms with Gasteiger partial charge in [-0.15, -0.1) is 0 Å². The monoisotopic (exact) mass is 438 g/mol. The molecular weight excluding hydrogens is 400 g/mol. The number of nitrogens with zero attached hydrogens (tertiary/aromatic N) is 2. The molecule has 4 rings (SSSR count). The summed E-state index contributed by atoms with van der Waals surface area (Å²) in [6.07, 6.45) is 6.53. The molecule has 174 valence electrons. The number of carbonyl (C=O) groups excluding carboxylic acids is 2. The Kier molecular flexibility index (Phi) is 5.89. The molecule has 0 bridgehead atoms. The molecule has 3 aliphatic rings. The number of amides is 2. The van der Waals surface area contributed by atoms with Crippen molar-refractivity contribution in [2.24, 2.45) is 22.2 Å². The van der Waals surface area contributed by atoms with Crippen LogP contribution < -0.4 is 4.74 Å². The summed E-state index contributed by atoms with van der Waals surface area (Å²) in [7, 11) is 0. The van der Waals surface area contributed by atoms with Crippen LogP contribution in [0, 0.1) is 22.2 Å². The van der Waals surface area contributed by atoms with E-state index < -0.39 is 0 Å². The van der Waals surface area contributed by atoms with Crippen molar-refractivity contribution in [3.8, 4) is 5.75 Å². The van der Waals surface area contributed by atoms with Gasteiger partial charge in [-0.25, -0.2) is 0 Å². The van der Waals surface area contributed by atoms with Gasteiger partial charge >= 0.3 is 0 Å². The van der Waals surface area contributed by atoms with Crippen LogP contribution in [-0.4, -0.2) is 54.4 Å². The lowest BCUT2D eigenvalue weighted by Crippen LogP contribution is -2.44. The van der Waals surface area contributed by atoms with Gasteiger partial charge in [-0.1, -0.05) is 45.9 Å². The highest BCUT2D eigenvalue weighted by Gasteiger charge is 2.69. The standard InChI is InChI=1S/C27H38N2O3/c1-6-32-21-10-8-7-9-20(21)11-12-22(30)28-16-13-27(14-17-28)15-18-29(19-27)24(31)23-25(2,3)26(23,4)5/h7-12,23H,6,13-19H2,1-5H3. The number of carbonyl (C=O) groups is 2. The minimum absolute atomic E-state index is 0.0542. The molecule has 0 aromatic heterocycles. The largest absolute Gasteiger partial charge is 0.493 e. The van der Waals surface area contributed by atoms with Crippen molar-refractivity contribution in [1.29, 1.82) is 0 Å². The average molecular weight is 439 g/mol. The summed E-state index contributed by atoms with van der Waals surface area (Å²) >= 11 is 0. The summed E-state index contributed by atoms with van der Waals surface area (Å²) in [5.41, 5.74) is 1.28. The second kappa shape index (κ2) is 8.24. The fraction of sp³-hybridized carbons (Fsp3) is 0.630. The third kappa shape index (κ3) is 3.95. The van der Waals surface area contributed by atoms with Crippen molar-refractivity contribution < 1.29 is 14.3 Å². The van der Waals surface area contributed by atoms with Gasteiger partial charge in [0.2, 0.25) is 11.8 Å². The van der Waals surface area contributed by atoms with E-state index in [4.69, 9.17) is 4.74 Å². The van der Waals surface area contributed by atoms with E-state index in [-0.39, 0.29) is 28.1 Å². The van der Waals surface area contributed by atoms with E-state index in [0.717, 1.165) is 56.8 Å². The summed E-state index contributed by atoms with van der Waals surface area (Å²) in [6.45, 7) is 14.7. The van der Waals surface area contributed by atoms with Crippen molar-refractivity contribution in [2.45, 2.75) is 53.9 Å². The first-order chi connectivity index (χ1) is 15.1. The molecule has 2 aliphatic heterocycles. The smallest absolute Gasteiger partial charge is 0.246 e. The molecule has 0 radical (unpaired) electrons. The quantitative estimate of drug-likeness (QED) is 0.630. The fourth-order valence-corrected chi connectivity index (χ4v) is 5.90. The zero-order chi connectivity index (χ0) is 23.1.